The van der Waals surface area contributed by atoms with Gasteiger partial charge in [-0.25, -0.2) is 4.39 Å². The molecule has 0 aliphatic carbocycles. The Morgan fingerprint density at radius 1 is 1.15 bits per heavy atom. The molecule has 0 fully saturated rings. The van der Waals surface area contributed by atoms with Crippen molar-refractivity contribution in [3.8, 4) is 5.75 Å². The predicted molar refractivity (Wildman–Crippen MR) is 79.9 cm³/mol. The molecule has 0 radical (unpaired) electrons. The van der Waals surface area contributed by atoms with Gasteiger partial charge in [-0.3, -0.25) is 0 Å². The van der Waals surface area contributed by atoms with Gasteiger partial charge in [-0.2, -0.15) is 0 Å². The second kappa shape index (κ2) is 6.73. The normalized spacial score (nSPS) is 12.2. The summed E-state index contributed by atoms with van der Waals surface area (Å²) in [5.74, 6) is 0.355. The highest BCUT2D eigenvalue weighted by Gasteiger charge is 2.20. The lowest BCUT2D eigenvalue weighted by Crippen LogP contribution is -2.19. The Morgan fingerprint density at radius 2 is 1.85 bits per heavy atom. The van der Waals surface area contributed by atoms with Gasteiger partial charge < -0.3 is 10.1 Å². The molecule has 1 unspecified atom stereocenters. The molecule has 4 heteroatoms. The average Bonchev–Trinajstić information content (AvgIpc) is 2.46. The highest BCUT2D eigenvalue weighted by atomic mass is 35.5. The van der Waals surface area contributed by atoms with Gasteiger partial charge >= 0.3 is 0 Å². The minimum absolute atomic E-state index is 0.137. The minimum atomic E-state index is -0.418. The van der Waals surface area contributed by atoms with Crippen molar-refractivity contribution in [1.29, 1.82) is 0 Å². The molecule has 1 atom stereocenters. The van der Waals surface area contributed by atoms with Gasteiger partial charge in [-0.05, 0) is 31.7 Å². The summed E-state index contributed by atoms with van der Waals surface area (Å²) in [4.78, 5) is 0. The zero-order valence-electron chi connectivity index (χ0n) is 11.5. The molecule has 2 rings (SSSR count). The molecule has 2 nitrogen and oxygen atoms in total. The van der Waals surface area contributed by atoms with Crippen LogP contribution in [0.25, 0.3) is 0 Å². The molecule has 0 amide bonds. The van der Waals surface area contributed by atoms with Crippen molar-refractivity contribution >= 4 is 11.6 Å². The predicted octanol–water partition coefficient (Wildman–Crippen LogP) is 4.19. The van der Waals surface area contributed by atoms with Crippen LogP contribution in [0.4, 0.5) is 4.39 Å². The summed E-state index contributed by atoms with van der Waals surface area (Å²) in [6.45, 7) is 2.50. The first-order chi connectivity index (χ1) is 9.69. The van der Waals surface area contributed by atoms with Gasteiger partial charge in [0.15, 0.2) is 0 Å². The Hall–Kier alpha value is -1.58. The maximum atomic E-state index is 13.6. The van der Waals surface area contributed by atoms with Crippen molar-refractivity contribution in [2.75, 3.05) is 13.7 Å². The first-order valence-corrected chi connectivity index (χ1v) is 6.89. The number of ether oxygens (including phenoxy) is 1. The second-order valence-electron chi connectivity index (χ2n) is 4.34. The molecule has 0 aromatic heterocycles. The molecule has 0 heterocycles. The highest BCUT2D eigenvalue weighted by molar-refractivity contribution is 6.31. The van der Waals surface area contributed by atoms with Crippen LogP contribution >= 0.6 is 11.6 Å². The molecule has 0 spiro atoms. The summed E-state index contributed by atoms with van der Waals surface area (Å²) < 4.78 is 19.3. The van der Waals surface area contributed by atoms with Crippen LogP contribution in [0, 0.1) is 5.82 Å². The van der Waals surface area contributed by atoms with Gasteiger partial charge in [-0.15, -0.1) is 0 Å². The molecule has 0 aliphatic heterocycles. The van der Waals surface area contributed by atoms with Crippen molar-refractivity contribution < 1.29 is 9.13 Å². The molecule has 2 aromatic rings. The average molecular weight is 294 g/mol. The third-order valence-corrected chi connectivity index (χ3v) is 3.51. The Morgan fingerprint density at radius 3 is 2.55 bits per heavy atom. The molecule has 20 heavy (non-hydrogen) atoms. The van der Waals surface area contributed by atoms with E-state index in [2.05, 4.69) is 5.32 Å². The summed E-state index contributed by atoms with van der Waals surface area (Å²) in [6.07, 6.45) is 0. The Balaban J connectivity index is 2.50. The van der Waals surface area contributed by atoms with Gasteiger partial charge in [0, 0.05) is 5.56 Å². The lowest BCUT2D eigenvalue weighted by Gasteiger charge is -2.21. The second-order valence-corrected chi connectivity index (χ2v) is 4.71. The van der Waals surface area contributed by atoms with Gasteiger partial charge in [0.2, 0.25) is 0 Å². The molecule has 0 aliphatic rings. The largest absolute Gasteiger partial charge is 0.494 e. The first-order valence-electron chi connectivity index (χ1n) is 6.52. The van der Waals surface area contributed by atoms with Crippen LogP contribution in [0.5, 0.6) is 5.75 Å². The molecule has 2 aromatic carbocycles. The maximum absolute atomic E-state index is 13.6. The van der Waals surface area contributed by atoms with E-state index >= 15 is 0 Å². The Kier molecular flexibility index (Phi) is 4.99. The molecular formula is C16H17ClFNO. The number of hydrogen-bond acceptors (Lipinski definition) is 2. The first kappa shape index (κ1) is 14.8. The Bertz CT molecular complexity index is 588. The van der Waals surface area contributed by atoms with Crippen LogP contribution in [0.15, 0.2) is 42.5 Å². The number of benzene rings is 2. The summed E-state index contributed by atoms with van der Waals surface area (Å²) in [7, 11) is 1.81. The quantitative estimate of drug-likeness (QED) is 0.892. The van der Waals surface area contributed by atoms with E-state index in [0.29, 0.717) is 12.2 Å². The van der Waals surface area contributed by atoms with Crippen LogP contribution in [0.2, 0.25) is 5.02 Å². The van der Waals surface area contributed by atoms with Crippen LogP contribution < -0.4 is 10.1 Å². The molecule has 1 N–H and O–H groups in total. The van der Waals surface area contributed by atoms with E-state index in [4.69, 9.17) is 16.3 Å². The van der Waals surface area contributed by atoms with E-state index in [1.807, 2.05) is 44.3 Å². The van der Waals surface area contributed by atoms with Crippen LogP contribution in [-0.2, 0) is 0 Å². The van der Waals surface area contributed by atoms with Gasteiger partial charge in [0.25, 0.3) is 0 Å². The van der Waals surface area contributed by atoms with Crippen LogP contribution in [-0.4, -0.2) is 13.7 Å². The molecule has 0 saturated heterocycles. The fourth-order valence-corrected chi connectivity index (χ4v) is 2.46. The number of rotatable bonds is 5. The SMILES string of the molecule is CCOc1ccccc1C(NC)c1cccc(F)c1Cl. The number of para-hydroxylation sites is 1. The summed E-state index contributed by atoms with van der Waals surface area (Å²) in [5.41, 5.74) is 1.63. The van der Waals surface area contributed by atoms with Crippen LogP contribution in [0.1, 0.15) is 24.1 Å². The van der Waals surface area contributed by atoms with Gasteiger partial charge in [-0.1, -0.05) is 41.9 Å². The third kappa shape index (κ3) is 2.94. The molecule has 0 saturated carbocycles. The smallest absolute Gasteiger partial charge is 0.142 e. The third-order valence-electron chi connectivity index (χ3n) is 3.11. The highest BCUT2D eigenvalue weighted by Crippen LogP contribution is 2.34. The summed E-state index contributed by atoms with van der Waals surface area (Å²) in [6, 6.07) is 12.3. The topological polar surface area (TPSA) is 21.3 Å². The monoisotopic (exact) mass is 293 g/mol. The molecular weight excluding hydrogens is 277 g/mol. The summed E-state index contributed by atoms with van der Waals surface area (Å²) in [5, 5.41) is 3.31. The standard InChI is InChI=1S/C16H17ClFNO/c1-3-20-14-10-5-4-7-11(14)16(19-2)12-8-6-9-13(18)15(12)17/h4-10,16,19H,3H2,1-2H3. The lowest BCUT2D eigenvalue weighted by molar-refractivity contribution is 0.334. The van der Waals surface area contributed by atoms with Crippen molar-refractivity contribution in [2.24, 2.45) is 0 Å². The fraction of sp³-hybridized carbons (Fsp3) is 0.250. The maximum Gasteiger partial charge on any atom is 0.142 e. The van der Waals surface area contributed by atoms with E-state index in [1.54, 1.807) is 6.07 Å². The zero-order chi connectivity index (χ0) is 14.5. The van der Waals surface area contributed by atoms with Crippen molar-refractivity contribution in [3.63, 3.8) is 0 Å². The van der Waals surface area contributed by atoms with Crippen molar-refractivity contribution in [3.05, 3.63) is 64.4 Å². The Labute approximate surface area is 123 Å². The van der Waals surface area contributed by atoms with Crippen molar-refractivity contribution in [1.82, 2.24) is 5.32 Å². The molecule has 0 bridgehead atoms. The number of hydrogen-bond donors (Lipinski definition) is 1. The van der Waals surface area contributed by atoms with Gasteiger partial charge in [0.05, 0.1) is 17.7 Å². The fourth-order valence-electron chi connectivity index (χ4n) is 2.23. The molecule has 106 valence electrons. The lowest BCUT2D eigenvalue weighted by atomic mass is 9.97. The zero-order valence-corrected chi connectivity index (χ0v) is 12.2. The van der Waals surface area contributed by atoms with E-state index < -0.39 is 5.82 Å². The summed E-state index contributed by atoms with van der Waals surface area (Å²) >= 11 is 6.09. The van der Waals surface area contributed by atoms with E-state index in [9.17, 15) is 4.39 Å². The van der Waals surface area contributed by atoms with E-state index in [-0.39, 0.29) is 11.1 Å². The van der Waals surface area contributed by atoms with Gasteiger partial charge in [0.1, 0.15) is 11.6 Å². The van der Waals surface area contributed by atoms with E-state index in [0.717, 1.165) is 11.3 Å². The number of nitrogens with one attached hydrogen (secondary N) is 1. The van der Waals surface area contributed by atoms with E-state index in [1.165, 1.54) is 6.07 Å². The van der Waals surface area contributed by atoms with Crippen LogP contribution in [0.3, 0.4) is 0 Å². The minimum Gasteiger partial charge on any atom is -0.494 e. The number of halogens is 2. The van der Waals surface area contributed by atoms with Crippen molar-refractivity contribution in [2.45, 2.75) is 13.0 Å².